The molecule has 0 radical (unpaired) electrons. The highest BCUT2D eigenvalue weighted by molar-refractivity contribution is 6.07. The molecule has 2 aliphatic rings. The Bertz CT molecular complexity index is 1170. The number of amides is 2. The molecule has 0 aliphatic carbocycles. The van der Waals surface area contributed by atoms with E-state index in [4.69, 9.17) is 0 Å². The first-order chi connectivity index (χ1) is 13.1. The van der Waals surface area contributed by atoms with Gasteiger partial charge in [-0.25, -0.2) is 0 Å². The molecule has 1 aromatic heterocycles. The number of benzene rings is 2. The van der Waals surface area contributed by atoms with Gasteiger partial charge in [-0.3, -0.25) is 14.4 Å². The number of pyridine rings is 1. The minimum absolute atomic E-state index is 0.0774. The largest absolute Gasteiger partial charge is 0.337 e. The van der Waals surface area contributed by atoms with Gasteiger partial charge >= 0.3 is 0 Å². The lowest BCUT2D eigenvalue weighted by Crippen LogP contribution is -2.40. The Morgan fingerprint density at radius 1 is 1.04 bits per heavy atom. The van der Waals surface area contributed by atoms with Crippen molar-refractivity contribution in [2.24, 2.45) is 0 Å². The van der Waals surface area contributed by atoms with Gasteiger partial charge in [0.1, 0.15) is 5.56 Å². The van der Waals surface area contributed by atoms with Gasteiger partial charge < -0.3 is 15.2 Å². The molecule has 6 heteroatoms. The average molecular weight is 359 g/mol. The predicted octanol–water partition coefficient (Wildman–Crippen LogP) is 2.26. The van der Waals surface area contributed by atoms with Crippen molar-refractivity contribution in [3.05, 3.63) is 76.1 Å². The fourth-order valence-electron chi connectivity index (χ4n) is 4.24. The summed E-state index contributed by atoms with van der Waals surface area (Å²) in [5.74, 6) is -0.414. The van der Waals surface area contributed by atoms with Crippen LogP contribution in [0.15, 0.2) is 59.4 Å². The van der Waals surface area contributed by atoms with Gasteiger partial charge in [0.05, 0.1) is 5.41 Å². The van der Waals surface area contributed by atoms with Crippen molar-refractivity contribution in [1.82, 2.24) is 9.88 Å². The van der Waals surface area contributed by atoms with Gasteiger partial charge in [0.2, 0.25) is 5.91 Å². The van der Waals surface area contributed by atoms with Gasteiger partial charge in [-0.05, 0) is 35.6 Å². The van der Waals surface area contributed by atoms with E-state index < -0.39 is 11.0 Å². The zero-order chi connectivity index (χ0) is 18.6. The van der Waals surface area contributed by atoms with Crippen molar-refractivity contribution in [1.29, 1.82) is 0 Å². The van der Waals surface area contributed by atoms with E-state index >= 15 is 0 Å². The van der Waals surface area contributed by atoms with Gasteiger partial charge in [-0.2, -0.15) is 0 Å². The molecule has 2 amide bonds. The lowest BCUT2D eigenvalue weighted by molar-refractivity contribution is -0.120. The third-order valence-corrected chi connectivity index (χ3v) is 5.67. The number of fused-ring (bicyclic) bond motifs is 3. The van der Waals surface area contributed by atoms with E-state index in [-0.39, 0.29) is 23.9 Å². The number of hydrogen-bond donors (Lipinski definition) is 2. The van der Waals surface area contributed by atoms with Crippen molar-refractivity contribution in [3.8, 4) is 0 Å². The van der Waals surface area contributed by atoms with E-state index in [1.165, 1.54) is 0 Å². The molecule has 134 valence electrons. The second kappa shape index (κ2) is 5.54. The molecule has 1 fully saturated rings. The van der Waals surface area contributed by atoms with E-state index in [0.717, 1.165) is 16.6 Å². The number of likely N-dealkylation sites (tertiary alicyclic amines) is 1. The minimum atomic E-state index is -0.726. The van der Waals surface area contributed by atoms with Gasteiger partial charge in [0.25, 0.3) is 11.5 Å². The maximum Gasteiger partial charge on any atom is 0.261 e. The van der Waals surface area contributed by atoms with Crippen LogP contribution in [0.2, 0.25) is 0 Å². The third kappa shape index (κ3) is 2.23. The van der Waals surface area contributed by atoms with Crippen LogP contribution < -0.4 is 10.9 Å². The van der Waals surface area contributed by atoms with Crippen LogP contribution >= 0.6 is 0 Å². The first-order valence-corrected chi connectivity index (χ1v) is 8.91. The number of anilines is 1. The van der Waals surface area contributed by atoms with Crippen LogP contribution in [0.3, 0.4) is 0 Å². The molecular weight excluding hydrogens is 342 g/mol. The summed E-state index contributed by atoms with van der Waals surface area (Å²) in [5.41, 5.74) is 1.41. The van der Waals surface area contributed by atoms with E-state index in [0.29, 0.717) is 18.5 Å². The molecular formula is C21H17N3O3. The summed E-state index contributed by atoms with van der Waals surface area (Å²) in [7, 11) is 0. The number of hydrogen-bond acceptors (Lipinski definition) is 3. The number of H-pyrrole nitrogens is 1. The Morgan fingerprint density at radius 2 is 1.81 bits per heavy atom. The summed E-state index contributed by atoms with van der Waals surface area (Å²) in [6.07, 6.45) is 0.549. The smallest absolute Gasteiger partial charge is 0.261 e. The van der Waals surface area contributed by atoms with Crippen LogP contribution in [0.1, 0.15) is 22.3 Å². The maximum absolute atomic E-state index is 13.0. The summed E-state index contributed by atoms with van der Waals surface area (Å²) >= 11 is 0. The van der Waals surface area contributed by atoms with Crippen LogP contribution in [0.25, 0.3) is 10.9 Å². The van der Waals surface area contributed by atoms with Crippen LogP contribution in [-0.4, -0.2) is 34.8 Å². The molecule has 2 aromatic carbocycles. The quantitative estimate of drug-likeness (QED) is 0.699. The number of aromatic nitrogens is 1. The van der Waals surface area contributed by atoms with Crippen LogP contribution in [0.5, 0.6) is 0 Å². The number of para-hydroxylation sites is 2. The summed E-state index contributed by atoms with van der Waals surface area (Å²) < 4.78 is 0. The molecule has 5 rings (SSSR count). The molecule has 2 aliphatic heterocycles. The summed E-state index contributed by atoms with van der Waals surface area (Å²) in [4.78, 5) is 42.5. The monoisotopic (exact) mass is 359 g/mol. The zero-order valence-electron chi connectivity index (χ0n) is 14.5. The van der Waals surface area contributed by atoms with Gasteiger partial charge in [0.15, 0.2) is 0 Å². The zero-order valence-corrected chi connectivity index (χ0v) is 14.5. The normalized spacial score (nSPS) is 20.9. The van der Waals surface area contributed by atoms with Crippen LogP contribution in [0.4, 0.5) is 5.69 Å². The average Bonchev–Trinajstić information content (AvgIpc) is 3.24. The molecule has 0 bridgehead atoms. The number of aromatic amines is 1. The van der Waals surface area contributed by atoms with Crippen LogP contribution in [-0.2, 0) is 10.2 Å². The molecule has 1 unspecified atom stereocenters. The Kier molecular flexibility index (Phi) is 3.25. The molecule has 1 saturated heterocycles. The van der Waals surface area contributed by atoms with Crippen molar-refractivity contribution in [2.45, 2.75) is 11.8 Å². The number of carbonyl (C=O) groups excluding carboxylic acids is 2. The summed E-state index contributed by atoms with van der Waals surface area (Å²) in [6.45, 7) is 0.716. The van der Waals surface area contributed by atoms with Crippen molar-refractivity contribution in [3.63, 3.8) is 0 Å². The topological polar surface area (TPSA) is 82.3 Å². The van der Waals surface area contributed by atoms with Gasteiger partial charge in [-0.1, -0.05) is 36.4 Å². The van der Waals surface area contributed by atoms with Crippen molar-refractivity contribution < 1.29 is 9.59 Å². The van der Waals surface area contributed by atoms with Crippen LogP contribution in [0, 0.1) is 0 Å². The maximum atomic E-state index is 13.0. The summed E-state index contributed by atoms with van der Waals surface area (Å²) in [5, 5.41) is 3.72. The molecule has 6 nitrogen and oxygen atoms in total. The SMILES string of the molecule is O=C(c1cc2ccccc2[nH]c1=O)N1CCC2(C1)C(=O)Nc1ccccc12. The highest BCUT2D eigenvalue weighted by Crippen LogP contribution is 2.44. The van der Waals surface area contributed by atoms with E-state index in [2.05, 4.69) is 10.3 Å². The third-order valence-electron chi connectivity index (χ3n) is 5.67. The Hall–Kier alpha value is -3.41. The number of nitrogens with one attached hydrogen (secondary N) is 2. The molecule has 27 heavy (non-hydrogen) atoms. The number of nitrogens with zero attached hydrogens (tertiary/aromatic N) is 1. The fraction of sp³-hybridized carbons (Fsp3) is 0.190. The van der Waals surface area contributed by atoms with E-state index in [9.17, 15) is 14.4 Å². The lowest BCUT2D eigenvalue weighted by atomic mass is 9.81. The van der Waals surface area contributed by atoms with E-state index in [1.807, 2.05) is 42.5 Å². The lowest BCUT2D eigenvalue weighted by Gasteiger charge is -2.22. The van der Waals surface area contributed by atoms with Crippen molar-refractivity contribution >= 4 is 28.4 Å². The molecule has 0 saturated carbocycles. The highest BCUT2D eigenvalue weighted by atomic mass is 16.2. The van der Waals surface area contributed by atoms with Gasteiger partial charge in [-0.15, -0.1) is 0 Å². The first kappa shape index (κ1) is 15.8. The molecule has 2 N–H and O–H groups in total. The Labute approximate surface area is 154 Å². The summed E-state index contributed by atoms with van der Waals surface area (Å²) in [6, 6.07) is 16.6. The Morgan fingerprint density at radius 3 is 2.70 bits per heavy atom. The predicted molar refractivity (Wildman–Crippen MR) is 102 cm³/mol. The van der Waals surface area contributed by atoms with E-state index in [1.54, 1.807) is 17.0 Å². The number of carbonyl (C=O) groups is 2. The van der Waals surface area contributed by atoms with Gasteiger partial charge in [0, 0.05) is 24.3 Å². The highest BCUT2D eigenvalue weighted by Gasteiger charge is 2.52. The molecule has 3 heterocycles. The molecule has 1 atom stereocenters. The second-order valence-corrected chi connectivity index (χ2v) is 7.16. The fourth-order valence-corrected chi connectivity index (χ4v) is 4.24. The second-order valence-electron chi connectivity index (χ2n) is 7.16. The van der Waals surface area contributed by atoms with Crippen molar-refractivity contribution in [2.75, 3.05) is 18.4 Å². The number of rotatable bonds is 1. The minimum Gasteiger partial charge on any atom is -0.337 e. The molecule has 1 spiro atoms. The Balaban J connectivity index is 1.51. The first-order valence-electron chi connectivity index (χ1n) is 8.91. The standard InChI is InChI=1S/C21H17N3O3/c25-18-14(11-13-5-1-3-7-16(13)22-18)19(26)24-10-9-21(12-24)15-6-2-4-8-17(15)23-20(21)27/h1-8,11H,9-10,12H2,(H,22,25)(H,23,27). The molecule has 3 aromatic rings.